The Labute approximate surface area is 180 Å². The number of aromatic nitrogens is 1. The molecule has 32 heavy (non-hydrogen) atoms. The normalized spacial score (nSPS) is 14.5. The van der Waals surface area contributed by atoms with Gasteiger partial charge in [-0.25, -0.2) is 9.18 Å². The maximum Gasteiger partial charge on any atom is 0.418 e. The number of alkyl halides is 3. The Morgan fingerprint density at radius 3 is 2.44 bits per heavy atom. The summed E-state index contributed by atoms with van der Waals surface area (Å²) in [6, 6.07) is 9.11. The molecule has 2 aromatic carbocycles. The number of methoxy groups -OCH3 is 1. The molecule has 6 nitrogen and oxygen atoms in total. The zero-order valence-corrected chi connectivity index (χ0v) is 16.9. The minimum absolute atomic E-state index is 0.0739. The highest BCUT2D eigenvalue weighted by atomic mass is 19.4. The van der Waals surface area contributed by atoms with E-state index in [2.05, 4.69) is 9.89 Å². The minimum atomic E-state index is -4.57. The number of anilines is 1. The zero-order chi connectivity index (χ0) is 22.9. The first kappa shape index (κ1) is 21.8. The Morgan fingerprint density at radius 2 is 1.78 bits per heavy atom. The fourth-order valence-electron chi connectivity index (χ4n) is 3.49. The van der Waals surface area contributed by atoms with E-state index in [0.29, 0.717) is 31.9 Å². The fraction of sp³-hybridized carbons (Fsp3) is 0.273. The van der Waals surface area contributed by atoms with Gasteiger partial charge in [0.2, 0.25) is 0 Å². The Balaban J connectivity index is 1.67. The van der Waals surface area contributed by atoms with Crippen molar-refractivity contribution in [1.29, 1.82) is 0 Å². The zero-order valence-electron chi connectivity index (χ0n) is 16.9. The van der Waals surface area contributed by atoms with Crippen molar-refractivity contribution in [3.05, 3.63) is 59.4 Å². The van der Waals surface area contributed by atoms with E-state index in [1.54, 1.807) is 4.90 Å². The first-order valence-corrected chi connectivity index (χ1v) is 9.67. The third-order valence-electron chi connectivity index (χ3n) is 5.12. The van der Waals surface area contributed by atoms with Crippen molar-refractivity contribution >= 4 is 11.7 Å². The quantitative estimate of drug-likeness (QED) is 0.421. The summed E-state index contributed by atoms with van der Waals surface area (Å²) in [5.41, 5.74) is -0.270. The van der Waals surface area contributed by atoms with Gasteiger partial charge < -0.3 is 18.9 Å². The molecule has 0 N–H and O–H groups in total. The molecule has 0 aliphatic carbocycles. The van der Waals surface area contributed by atoms with Gasteiger partial charge in [-0.2, -0.15) is 13.2 Å². The molecule has 0 unspecified atom stereocenters. The lowest BCUT2D eigenvalue weighted by atomic mass is 10.0. The van der Waals surface area contributed by atoms with Gasteiger partial charge in [0.15, 0.2) is 5.76 Å². The molecule has 1 aromatic heterocycles. The number of nitrogens with zero attached hydrogens (tertiary/aromatic N) is 2. The molecule has 1 fully saturated rings. The highest BCUT2D eigenvalue weighted by Crippen LogP contribution is 2.40. The molecular formula is C22H18F4N2O4. The molecule has 0 amide bonds. The molecule has 1 saturated heterocycles. The number of rotatable bonds is 4. The molecule has 0 spiro atoms. The summed E-state index contributed by atoms with van der Waals surface area (Å²) in [5, 5.41) is 3.84. The fourth-order valence-corrected chi connectivity index (χ4v) is 3.49. The number of hydrogen-bond donors (Lipinski definition) is 0. The number of benzene rings is 2. The van der Waals surface area contributed by atoms with Crippen LogP contribution in [-0.4, -0.2) is 44.5 Å². The molecule has 168 valence electrons. The maximum absolute atomic E-state index is 14.2. The smallest absolute Gasteiger partial charge is 0.418 e. The van der Waals surface area contributed by atoms with E-state index in [-0.39, 0.29) is 28.3 Å². The van der Waals surface area contributed by atoms with E-state index in [1.807, 2.05) is 0 Å². The predicted octanol–water partition coefficient (Wildman–Crippen LogP) is 4.79. The monoisotopic (exact) mass is 450 g/mol. The lowest BCUT2D eigenvalue weighted by molar-refractivity contribution is -0.137. The van der Waals surface area contributed by atoms with Crippen LogP contribution in [0.3, 0.4) is 0 Å². The van der Waals surface area contributed by atoms with Crippen LogP contribution in [0.1, 0.15) is 15.9 Å². The van der Waals surface area contributed by atoms with Crippen LogP contribution in [0.5, 0.6) is 0 Å². The Hall–Kier alpha value is -3.40. The maximum atomic E-state index is 14.2. The van der Waals surface area contributed by atoms with Crippen molar-refractivity contribution in [2.24, 2.45) is 0 Å². The lowest BCUT2D eigenvalue weighted by Gasteiger charge is -2.31. The van der Waals surface area contributed by atoms with Crippen LogP contribution in [0.4, 0.5) is 23.2 Å². The number of morpholine rings is 1. The SMILES string of the molecule is COC(=O)c1ccc(-c2cc(-c3ccc(N4CCOCC4)c(C(F)(F)F)c3)on2)cc1F. The molecule has 0 saturated carbocycles. The van der Waals surface area contributed by atoms with Crippen molar-refractivity contribution in [2.75, 3.05) is 38.3 Å². The molecular weight excluding hydrogens is 432 g/mol. The number of esters is 1. The summed E-state index contributed by atoms with van der Waals surface area (Å²) in [4.78, 5) is 13.2. The van der Waals surface area contributed by atoms with Crippen LogP contribution >= 0.6 is 0 Å². The lowest BCUT2D eigenvalue weighted by Crippen LogP contribution is -2.37. The first-order valence-electron chi connectivity index (χ1n) is 9.67. The Kier molecular flexibility index (Phi) is 5.88. The minimum Gasteiger partial charge on any atom is -0.465 e. The molecule has 0 atom stereocenters. The van der Waals surface area contributed by atoms with Crippen molar-refractivity contribution in [1.82, 2.24) is 5.16 Å². The summed E-state index contributed by atoms with van der Waals surface area (Å²) in [6.07, 6.45) is -4.57. The van der Waals surface area contributed by atoms with Crippen LogP contribution in [0.2, 0.25) is 0 Å². The van der Waals surface area contributed by atoms with E-state index < -0.39 is 23.5 Å². The van der Waals surface area contributed by atoms with Crippen molar-refractivity contribution in [2.45, 2.75) is 6.18 Å². The molecule has 4 rings (SSSR count). The number of halogens is 4. The highest BCUT2D eigenvalue weighted by Gasteiger charge is 2.36. The van der Waals surface area contributed by atoms with E-state index in [0.717, 1.165) is 19.2 Å². The van der Waals surface area contributed by atoms with E-state index in [1.165, 1.54) is 30.3 Å². The summed E-state index contributed by atoms with van der Waals surface area (Å²) >= 11 is 0. The van der Waals surface area contributed by atoms with Crippen molar-refractivity contribution < 1.29 is 36.4 Å². The number of ether oxygens (including phenoxy) is 2. The second-order valence-corrected chi connectivity index (χ2v) is 7.09. The standard InChI is InChI=1S/C22H18F4N2O4/c1-30-21(29)15-4-2-13(11-17(15)23)18-12-20(32-27-18)14-3-5-19(16(10-14)22(24,25)26)28-6-8-31-9-7-28/h2-5,10-12H,6-9H2,1H3. The van der Waals surface area contributed by atoms with Crippen LogP contribution in [0, 0.1) is 5.82 Å². The Bertz CT molecular complexity index is 1140. The third-order valence-corrected chi connectivity index (χ3v) is 5.12. The van der Waals surface area contributed by atoms with Gasteiger partial charge in [0.05, 0.1) is 31.5 Å². The second-order valence-electron chi connectivity index (χ2n) is 7.09. The van der Waals surface area contributed by atoms with E-state index in [9.17, 15) is 22.4 Å². The number of hydrogen-bond acceptors (Lipinski definition) is 6. The topological polar surface area (TPSA) is 64.8 Å². The second kappa shape index (κ2) is 8.62. The summed E-state index contributed by atoms with van der Waals surface area (Å²) in [6.45, 7) is 1.44. The van der Waals surface area contributed by atoms with Gasteiger partial charge >= 0.3 is 12.1 Å². The van der Waals surface area contributed by atoms with Gasteiger partial charge in [0, 0.05) is 36.0 Å². The van der Waals surface area contributed by atoms with Crippen molar-refractivity contribution in [3.63, 3.8) is 0 Å². The largest absolute Gasteiger partial charge is 0.465 e. The number of carbonyl (C=O) groups excluding carboxylic acids is 1. The van der Waals surface area contributed by atoms with Crippen LogP contribution < -0.4 is 4.90 Å². The average Bonchev–Trinajstić information content (AvgIpc) is 3.28. The van der Waals surface area contributed by atoms with Gasteiger partial charge in [-0.05, 0) is 30.3 Å². The first-order chi connectivity index (χ1) is 15.3. The van der Waals surface area contributed by atoms with E-state index >= 15 is 0 Å². The summed E-state index contributed by atoms with van der Waals surface area (Å²) in [5.74, 6) is -1.54. The predicted molar refractivity (Wildman–Crippen MR) is 107 cm³/mol. The molecule has 1 aliphatic heterocycles. The van der Waals surface area contributed by atoms with Gasteiger partial charge in [-0.3, -0.25) is 0 Å². The van der Waals surface area contributed by atoms with E-state index in [4.69, 9.17) is 9.26 Å². The molecule has 3 aromatic rings. The Morgan fingerprint density at radius 1 is 1.06 bits per heavy atom. The molecule has 10 heteroatoms. The van der Waals surface area contributed by atoms with Crippen LogP contribution in [-0.2, 0) is 15.7 Å². The molecule has 1 aliphatic rings. The summed E-state index contributed by atoms with van der Waals surface area (Å²) in [7, 11) is 1.14. The molecule has 2 heterocycles. The van der Waals surface area contributed by atoms with Crippen LogP contribution in [0.15, 0.2) is 47.0 Å². The molecule has 0 bridgehead atoms. The van der Waals surface area contributed by atoms with Gasteiger partial charge in [0.25, 0.3) is 0 Å². The van der Waals surface area contributed by atoms with Crippen molar-refractivity contribution in [3.8, 4) is 22.6 Å². The van der Waals surface area contributed by atoms with Gasteiger partial charge in [0.1, 0.15) is 11.5 Å². The van der Waals surface area contributed by atoms with Gasteiger partial charge in [-0.1, -0.05) is 11.2 Å². The number of carbonyl (C=O) groups is 1. The summed E-state index contributed by atoms with van der Waals surface area (Å²) < 4.78 is 70.5. The highest BCUT2D eigenvalue weighted by molar-refractivity contribution is 5.90. The average molecular weight is 450 g/mol. The van der Waals surface area contributed by atoms with Crippen LogP contribution in [0.25, 0.3) is 22.6 Å². The molecule has 0 radical (unpaired) electrons. The van der Waals surface area contributed by atoms with Gasteiger partial charge in [-0.15, -0.1) is 0 Å². The third kappa shape index (κ3) is 4.31.